The molecule has 0 bridgehead atoms. The van der Waals surface area contributed by atoms with Crippen molar-refractivity contribution in [2.24, 2.45) is 0 Å². The molecular weight excluding hydrogens is 268 g/mol. The maximum Gasteiger partial charge on any atom is 0.356 e. The maximum absolute atomic E-state index is 11.4. The smallest absolute Gasteiger partial charge is 0.356 e. The molecule has 2 rings (SSSR count). The van der Waals surface area contributed by atoms with Crippen molar-refractivity contribution >= 4 is 11.7 Å². The number of piperidine rings is 1. The number of anilines is 1. The molecule has 116 valence electrons. The minimum Gasteiger partial charge on any atom is -0.476 e. The summed E-state index contributed by atoms with van der Waals surface area (Å²) >= 11 is 0. The molecule has 1 aromatic rings. The third-order valence-electron chi connectivity index (χ3n) is 3.84. The van der Waals surface area contributed by atoms with E-state index in [1.165, 1.54) is 0 Å². The summed E-state index contributed by atoms with van der Waals surface area (Å²) in [7, 11) is 0. The fraction of sp³-hybridized carbons (Fsp3) is 0.667. The Hall–Kier alpha value is -1.69. The third kappa shape index (κ3) is 3.91. The lowest BCUT2D eigenvalue weighted by atomic mass is 10.1. The Balaban J connectivity index is 2.17. The first-order valence-electron chi connectivity index (χ1n) is 7.60. The Morgan fingerprint density at radius 3 is 2.95 bits per heavy atom. The minimum absolute atomic E-state index is 0.0716. The number of carbonyl (C=O) groups is 1. The number of nitrogens with one attached hydrogen (secondary N) is 1. The Labute approximate surface area is 125 Å². The monoisotopic (exact) mass is 292 g/mol. The van der Waals surface area contributed by atoms with Gasteiger partial charge in [0.1, 0.15) is 5.82 Å². The van der Waals surface area contributed by atoms with Gasteiger partial charge in [-0.15, -0.1) is 0 Å². The SMILES string of the molecule is CCN1CCCC(Nc2cnc(C(C)C)nc2C(=O)O)C1. The summed E-state index contributed by atoms with van der Waals surface area (Å²) in [5, 5.41) is 12.7. The molecule has 1 aliphatic rings. The third-order valence-corrected chi connectivity index (χ3v) is 3.84. The summed E-state index contributed by atoms with van der Waals surface area (Å²) in [6.45, 7) is 9.12. The topological polar surface area (TPSA) is 78.3 Å². The number of rotatable bonds is 5. The lowest BCUT2D eigenvalue weighted by molar-refractivity contribution is 0.0691. The quantitative estimate of drug-likeness (QED) is 0.866. The van der Waals surface area contributed by atoms with E-state index in [-0.39, 0.29) is 17.7 Å². The van der Waals surface area contributed by atoms with E-state index in [2.05, 4.69) is 27.1 Å². The fourth-order valence-corrected chi connectivity index (χ4v) is 2.62. The summed E-state index contributed by atoms with van der Waals surface area (Å²) < 4.78 is 0. The van der Waals surface area contributed by atoms with Gasteiger partial charge in [-0.05, 0) is 25.9 Å². The van der Waals surface area contributed by atoms with Crippen LogP contribution >= 0.6 is 0 Å². The van der Waals surface area contributed by atoms with Crippen LogP contribution in [-0.4, -0.2) is 51.6 Å². The van der Waals surface area contributed by atoms with Crippen LogP contribution in [0.25, 0.3) is 0 Å². The molecule has 21 heavy (non-hydrogen) atoms. The number of carboxylic acids is 1. The molecule has 0 radical (unpaired) electrons. The first-order chi connectivity index (χ1) is 10.0. The second kappa shape index (κ2) is 6.85. The molecule has 0 amide bonds. The van der Waals surface area contributed by atoms with Crippen LogP contribution in [0, 0.1) is 0 Å². The van der Waals surface area contributed by atoms with Gasteiger partial charge in [0.05, 0.1) is 11.9 Å². The molecule has 6 nitrogen and oxygen atoms in total. The summed E-state index contributed by atoms with van der Waals surface area (Å²) in [5.74, 6) is -0.329. The van der Waals surface area contributed by atoms with E-state index in [9.17, 15) is 9.90 Å². The Morgan fingerprint density at radius 2 is 2.33 bits per heavy atom. The molecule has 1 aliphatic heterocycles. The van der Waals surface area contributed by atoms with Crippen molar-refractivity contribution in [2.45, 2.75) is 45.6 Å². The van der Waals surface area contributed by atoms with Gasteiger partial charge in [0, 0.05) is 18.5 Å². The number of hydrogen-bond acceptors (Lipinski definition) is 5. The second-order valence-corrected chi connectivity index (χ2v) is 5.83. The highest BCUT2D eigenvalue weighted by Gasteiger charge is 2.22. The molecule has 2 heterocycles. The van der Waals surface area contributed by atoms with Crippen LogP contribution in [0.2, 0.25) is 0 Å². The van der Waals surface area contributed by atoms with Crippen molar-refractivity contribution in [3.63, 3.8) is 0 Å². The number of aromatic carboxylic acids is 1. The average molecular weight is 292 g/mol. The predicted molar refractivity (Wildman–Crippen MR) is 81.8 cm³/mol. The van der Waals surface area contributed by atoms with Crippen LogP contribution < -0.4 is 5.32 Å². The number of aromatic nitrogens is 2. The summed E-state index contributed by atoms with van der Waals surface area (Å²) in [4.78, 5) is 22.2. The largest absolute Gasteiger partial charge is 0.476 e. The van der Waals surface area contributed by atoms with Gasteiger partial charge in [-0.2, -0.15) is 0 Å². The zero-order chi connectivity index (χ0) is 15.4. The summed E-state index contributed by atoms with van der Waals surface area (Å²) in [5.41, 5.74) is 0.595. The minimum atomic E-state index is -1.01. The maximum atomic E-state index is 11.4. The second-order valence-electron chi connectivity index (χ2n) is 5.83. The van der Waals surface area contributed by atoms with Gasteiger partial charge >= 0.3 is 5.97 Å². The normalized spacial score (nSPS) is 19.7. The number of hydrogen-bond donors (Lipinski definition) is 2. The van der Waals surface area contributed by atoms with E-state index in [0.29, 0.717) is 11.5 Å². The van der Waals surface area contributed by atoms with Gasteiger partial charge in [0.15, 0.2) is 5.69 Å². The molecule has 1 unspecified atom stereocenters. The molecule has 0 spiro atoms. The molecule has 0 aromatic carbocycles. The lowest BCUT2D eigenvalue weighted by Gasteiger charge is -2.32. The van der Waals surface area contributed by atoms with Crippen molar-refractivity contribution in [1.82, 2.24) is 14.9 Å². The van der Waals surface area contributed by atoms with Gasteiger partial charge in [-0.3, -0.25) is 0 Å². The van der Waals surface area contributed by atoms with Crippen LogP contribution in [0.4, 0.5) is 5.69 Å². The van der Waals surface area contributed by atoms with Crippen LogP contribution in [0.1, 0.15) is 55.8 Å². The van der Waals surface area contributed by atoms with E-state index < -0.39 is 5.97 Å². The molecule has 2 N–H and O–H groups in total. The summed E-state index contributed by atoms with van der Waals surface area (Å²) in [6, 6.07) is 0.255. The molecule has 1 aromatic heterocycles. The first kappa shape index (κ1) is 15.7. The predicted octanol–water partition coefficient (Wildman–Crippen LogP) is 2.19. The highest BCUT2D eigenvalue weighted by atomic mass is 16.4. The number of carboxylic acid groups (broad SMARTS) is 1. The van der Waals surface area contributed by atoms with Gasteiger partial charge < -0.3 is 15.3 Å². The van der Waals surface area contributed by atoms with Crippen molar-refractivity contribution in [2.75, 3.05) is 25.0 Å². The molecular formula is C15H24N4O2. The number of nitrogens with zero attached hydrogens (tertiary/aromatic N) is 3. The van der Waals surface area contributed by atoms with Crippen LogP contribution in [0.3, 0.4) is 0 Å². The summed E-state index contributed by atoms with van der Waals surface area (Å²) in [6.07, 6.45) is 3.77. The first-order valence-corrected chi connectivity index (χ1v) is 7.60. The van der Waals surface area contributed by atoms with E-state index >= 15 is 0 Å². The Morgan fingerprint density at radius 1 is 1.57 bits per heavy atom. The van der Waals surface area contributed by atoms with Crippen molar-refractivity contribution in [3.8, 4) is 0 Å². The average Bonchev–Trinajstić information content (AvgIpc) is 2.47. The molecule has 0 aliphatic carbocycles. The highest BCUT2D eigenvalue weighted by molar-refractivity contribution is 5.91. The molecule has 0 saturated carbocycles. The highest BCUT2D eigenvalue weighted by Crippen LogP contribution is 2.20. The Kier molecular flexibility index (Phi) is 5.12. The molecule has 1 fully saturated rings. The van der Waals surface area contributed by atoms with E-state index in [0.717, 1.165) is 32.5 Å². The van der Waals surface area contributed by atoms with E-state index in [1.807, 2.05) is 13.8 Å². The van der Waals surface area contributed by atoms with Gasteiger partial charge in [-0.25, -0.2) is 14.8 Å². The van der Waals surface area contributed by atoms with Crippen LogP contribution in [0.15, 0.2) is 6.20 Å². The zero-order valence-electron chi connectivity index (χ0n) is 13.0. The fourth-order valence-electron chi connectivity index (χ4n) is 2.62. The van der Waals surface area contributed by atoms with E-state index in [4.69, 9.17) is 0 Å². The van der Waals surface area contributed by atoms with Crippen LogP contribution in [0.5, 0.6) is 0 Å². The van der Waals surface area contributed by atoms with Gasteiger partial charge in [-0.1, -0.05) is 20.8 Å². The zero-order valence-corrected chi connectivity index (χ0v) is 13.0. The molecule has 1 saturated heterocycles. The number of likely N-dealkylation sites (N-methyl/N-ethyl adjacent to an activating group) is 1. The number of likely N-dealkylation sites (tertiary alicyclic amines) is 1. The Bertz CT molecular complexity index is 504. The molecule has 6 heteroatoms. The van der Waals surface area contributed by atoms with Crippen molar-refractivity contribution < 1.29 is 9.90 Å². The molecule has 1 atom stereocenters. The van der Waals surface area contributed by atoms with Crippen LogP contribution in [-0.2, 0) is 0 Å². The lowest BCUT2D eigenvalue weighted by Crippen LogP contribution is -2.42. The van der Waals surface area contributed by atoms with Crippen molar-refractivity contribution in [3.05, 3.63) is 17.7 Å². The standard InChI is InChI=1S/C15H24N4O2/c1-4-19-7-5-6-11(9-19)17-12-8-16-14(10(2)3)18-13(12)15(20)21/h8,10-11,17H,4-7,9H2,1-3H3,(H,20,21). The van der Waals surface area contributed by atoms with E-state index in [1.54, 1.807) is 6.20 Å². The van der Waals surface area contributed by atoms with Gasteiger partial charge in [0.2, 0.25) is 0 Å². The van der Waals surface area contributed by atoms with Gasteiger partial charge in [0.25, 0.3) is 0 Å². The van der Waals surface area contributed by atoms with Crippen molar-refractivity contribution in [1.29, 1.82) is 0 Å².